The molecule has 1 rings (SSSR count). The topological polar surface area (TPSA) is 27.3 Å². The van der Waals surface area contributed by atoms with Gasteiger partial charge in [0.2, 0.25) is 0 Å². The van der Waals surface area contributed by atoms with Gasteiger partial charge in [-0.15, -0.1) is 0 Å². The van der Waals surface area contributed by atoms with Crippen LogP contribution in [0.2, 0.25) is 0 Å². The highest BCUT2D eigenvalue weighted by atomic mass is 15.5. The lowest BCUT2D eigenvalue weighted by Crippen LogP contribution is -2.52. The number of unbranched alkanes of at least 4 members (excludes halogenated alkanes) is 2. The summed E-state index contributed by atoms with van der Waals surface area (Å²) >= 11 is 0. The van der Waals surface area contributed by atoms with Crippen LogP contribution in [0, 0.1) is 11.8 Å². The van der Waals surface area contributed by atoms with Gasteiger partial charge >= 0.3 is 0 Å². The van der Waals surface area contributed by atoms with Gasteiger partial charge < -0.3 is 10.3 Å². The molecule has 0 radical (unpaired) electrons. The Bertz CT molecular complexity index is 297. The van der Waals surface area contributed by atoms with E-state index in [0.29, 0.717) is 6.17 Å². The molecule has 0 saturated heterocycles. The van der Waals surface area contributed by atoms with Gasteiger partial charge in [0.1, 0.15) is 0 Å². The maximum Gasteiger partial charge on any atom is 0.0911 e. The molecule has 3 nitrogen and oxygen atoms in total. The van der Waals surface area contributed by atoms with E-state index in [1.54, 1.807) is 0 Å². The molecule has 1 atom stereocenters. The number of nitrogens with one attached hydrogen (secondary N) is 2. The first-order chi connectivity index (χ1) is 9.97. The van der Waals surface area contributed by atoms with E-state index in [1.807, 2.05) is 0 Å². The molecule has 0 aromatic rings. The van der Waals surface area contributed by atoms with Crippen molar-refractivity contribution in [1.29, 1.82) is 0 Å². The summed E-state index contributed by atoms with van der Waals surface area (Å²) in [5.74, 6) is 1.66. The van der Waals surface area contributed by atoms with Crippen LogP contribution in [0.4, 0.5) is 0 Å². The second-order valence-electron chi connectivity index (χ2n) is 7.37. The molecular weight excluding hydrogens is 258 g/mol. The Labute approximate surface area is 132 Å². The molecule has 0 fully saturated rings. The summed E-state index contributed by atoms with van der Waals surface area (Å²) in [5.41, 5.74) is 4.89. The van der Waals surface area contributed by atoms with Crippen molar-refractivity contribution in [2.45, 2.75) is 85.7 Å². The molecule has 21 heavy (non-hydrogen) atoms. The number of allylic oxidation sites excluding steroid dienone is 1. The van der Waals surface area contributed by atoms with Crippen LogP contribution in [-0.2, 0) is 0 Å². The molecule has 1 unspecified atom stereocenters. The Kier molecular flexibility index (Phi) is 8.82. The molecule has 0 spiro atoms. The first-order valence-electron chi connectivity index (χ1n) is 8.97. The maximum atomic E-state index is 3.55. The fraction of sp³-hybridized carbons (Fsp3) is 0.889. The minimum Gasteiger partial charge on any atom is -0.371 e. The summed E-state index contributed by atoms with van der Waals surface area (Å²) in [4.78, 5) is 0. The lowest BCUT2D eigenvalue weighted by atomic mass is 10.0. The van der Waals surface area contributed by atoms with E-state index in [0.717, 1.165) is 18.4 Å². The summed E-state index contributed by atoms with van der Waals surface area (Å²) in [6.07, 6.45) is 11.7. The Morgan fingerprint density at radius 2 is 1.62 bits per heavy atom. The molecule has 124 valence electrons. The van der Waals surface area contributed by atoms with Crippen molar-refractivity contribution in [2.75, 3.05) is 6.54 Å². The lowest BCUT2D eigenvalue weighted by molar-refractivity contribution is 0.192. The minimum atomic E-state index is 0.347. The van der Waals surface area contributed by atoms with Crippen LogP contribution < -0.4 is 10.7 Å². The number of hydrogen-bond acceptors (Lipinski definition) is 3. The third-order valence-electron chi connectivity index (χ3n) is 3.98. The zero-order chi connectivity index (χ0) is 15.7. The van der Waals surface area contributed by atoms with Crippen LogP contribution in [0.1, 0.15) is 79.6 Å². The van der Waals surface area contributed by atoms with E-state index in [-0.39, 0.29) is 0 Å². The van der Waals surface area contributed by atoms with Gasteiger partial charge in [-0.2, -0.15) is 0 Å². The highest BCUT2D eigenvalue weighted by molar-refractivity contribution is 5.02. The van der Waals surface area contributed by atoms with Gasteiger partial charge in [0.15, 0.2) is 0 Å². The van der Waals surface area contributed by atoms with Crippen molar-refractivity contribution in [1.82, 2.24) is 15.8 Å². The van der Waals surface area contributed by atoms with Crippen molar-refractivity contribution in [3.8, 4) is 0 Å². The zero-order valence-electron chi connectivity index (χ0n) is 14.9. The second-order valence-corrected chi connectivity index (χ2v) is 7.37. The molecule has 0 aromatic carbocycles. The van der Waals surface area contributed by atoms with Gasteiger partial charge in [-0.1, -0.05) is 53.4 Å². The molecule has 2 N–H and O–H groups in total. The second kappa shape index (κ2) is 10.1. The Morgan fingerprint density at radius 1 is 1.00 bits per heavy atom. The average molecular weight is 296 g/mol. The Balaban J connectivity index is 2.27. The quantitative estimate of drug-likeness (QED) is 0.576. The van der Waals surface area contributed by atoms with E-state index in [2.05, 4.69) is 56.6 Å². The van der Waals surface area contributed by atoms with Crippen LogP contribution >= 0.6 is 0 Å². The van der Waals surface area contributed by atoms with Crippen LogP contribution in [0.5, 0.6) is 0 Å². The molecular formula is C18H37N3. The molecule has 1 aliphatic heterocycles. The molecule has 3 heteroatoms. The molecule has 0 bridgehead atoms. The van der Waals surface area contributed by atoms with Crippen molar-refractivity contribution in [3.05, 3.63) is 11.9 Å². The molecule has 0 aromatic heterocycles. The highest BCUT2D eigenvalue weighted by Crippen LogP contribution is 2.14. The van der Waals surface area contributed by atoms with Gasteiger partial charge in [0.05, 0.1) is 6.17 Å². The zero-order valence-corrected chi connectivity index (χ0v) is 14.9. The third-order valence-corrected chi connectivity index (χ3v) is 3.98. The van der Waals surface area contributed by atoms with Crippen molar-refractivity contribution < 1.29 is 0 Å². The summed E-state index contributed by atoms with van der Waals surface area (Å²) in [5, 5.41) is 5.84. The van der Waals surface area contributed by atoms with E-state index in [1.165, 1.54) is 50.6 Å². The van der Waals surface area contributed by atoms with Gasteiger partial charge in [0, 0.05) is 18.4 Å². The molecule has 1 heterocycles. The van der Waals surface area contributed by atoms with E-state index < -0.39 is 0 Å². The number of nitrogens with zero attached hydrogens (tertiary/aromatic N) is 1. The minimum absolute atomic E-state index is 0.347. The average Bonchev–Trinajstić information content (AvgIpc) is 2.39. The highest BCUT2D eigenvalue weighted by Gasteiger charge is 2.14. The van der Waals surface area contributed by atoms with Gasteiger partial charge in [-0.25, -0.2) is 5.43 Å². The van der Waals surface area contributed by atoms with E-state index in [4.69, 9.17) is 0 Å². The van der Waals surface area contributed by atoms with Crippen LogP contribution in [0.25, 0.3) is 0 Å². The standard InChI is InChI=1S/C18H37N3/c1-15(2)10-6-7-12-18-14-21(20-17(5)19-18)13-9-8-11-16(3)4/h14-17,19-20H,6-13H2,1-5H3. The number of hydrogen-bond donors (Lipinski definition) is 2. The van der Waals surface area contributed by atoms with Crippen LogP contribution in [0.3, 0.4) is 0 Å². The van der Waals surface area contributed by atoms with Crippen LogP contribution in [-0.4, -0.2) is 17.7 Å². The monoisotopic (exact) mass is 295 g/mol. The predicted octanol–water partition coefficient (Wildman–Crippen LogP) is 4.63. The lowest BCUT2D eigenvalue weighted by Gasteiger charge is -2.33. The summed E-state index contributed by atoms with van der Waals surface area (Å²) < 4.78 is 0. The Hall–Kier alpha value is -0.700. The van der Waals surface area contributed by atoms with Gasteiger partial charge in [-0.3, -0.25) is 0 Å². The SMILES string of the molecule is CC(C)CCCCC1=CN(CCCCC(C)C)NC(C)N1. The first-order valence-corrected chi connectivity index (χ1v) is 8.97. The fourth-order valence-corrected chi connectivity index (χ4v) is 2.79. The van der Waals surface area contributed by atoms with Crippen molar-refractivity contribution in [2.24, 2.45) is 11.8 Å². The fourth-order valence-electron chi connectivity index (χ4n) is 2.79. The van der Waals surface area contributed by atoms with E-state index in [9.17, 15) is 0 Å². The predicted molar refractivity (Wildman–Crippen MR) is 92.5 cm³/mol. The van der Waals surface area contributed by atoms with Crippen molar-refractivity contribution in [3.63, 3.8) is 0 Å². The molecule has 0 saturated carbocycles. The molecule has 1 aliphatic rings. The van der Waals surface area contributed by atoms with Crippen LogP contribution in [0.15, 0.2) is 11.9 Å². The molecule has 0 amide bonds. The normalized spacial score (nSPS) is 19.1. The summed E-state index contributed by atoms with van der Waals surface area (Å²) in [6, 6.07) is 0. The smallest absolute Gasteiger partial charge is 0.0911 e. The van der Waals surface area contributed by atoms with Gasteiger partial charge in [0.25, 0.3) is 0 Å². The Morgan fingerprint density at radius 3 is 2.24 bits per heavy atom. The summed E-state index contributed by atoms with van der Waals surface area (Å²) in [7, 11) is 0. The largest absolute Gasteiger partial charge is 0.371 e. The number of hydrazine groups is 1. The number of rotatable bonds is 10. The van der Waals surface area contributed by atoms with Gasteiger partial charge in [-0.05, 0) is 38.0 Å². The maximum absolute atomic E-state index is 3.55. The summed E-state index contributed by atoms with van der Waals surface area (Å²) in [6.45, 7) is 12.5. The van der Waals surface area contributed by atoms with Crippen molar-refractivity contribution >= 4 is 0 Å². The third kappa shape index (κ3) is 9.02. The van der Waals surface area contributed by atoms with E-state index >= 15 is 0 Å². The first kappa shape index (κ1) is 18.3. The molecule has 0 aliphatic carbocycles.